The number of aromatic carboxylic acids is 1. The van der Waals surface area contributed by atoms with Gasteiger partial charge in [0.25, 0.3) is 0 Å². The number of carbonyl (C=O) groups is 2. The van der Waals surface area contributed by atoms with Gasteiger partial charge in [-0.05, 0) is 60.4 Å². The molecular weight excluding hydrogens is 456 g/mol. The van der Waals surface area contributed by atoms with Gasteiger partial charge in [-0.25, -0.2) is 4.79 Å². The van der Waals surface area contributed by atoms with E-state index in [1.807, 2.05) is 24.3 Å². The molecule has 3 aromatic rings. The van der Waals surface area contributed by atoms with Crippen LogP contribution in [0.1, 0.15) is 70.1 Å². The van der Waals surface area contributed by atoms with E-state index in [1.54, 1.807) is 30.5 Å². The molecule has 1 heterocycles. The second-order valence-electron chi connectivity index (χ2n) is 7.90. The van der Waals surface area contributed by atoms with Gasteiger partial charge in [-0.1, -0.05) is 49.9 Å². The average Bonchev–Trinajstić information content (AvgIpc) is 2.82. The van der Waals surface area contributed by atoms with Crippen molar-refractivity contribution in [3.05, 3.63) is 87.7 Å². The minimum atomic E-state index is -1.10. The van der Waals surface area contributed by atoms with Crippen LogP contribution in [-0.2, 0) is 13.0 Å². The molecule has 0 saturated carbocycles. The topological polar surface area (TPSA) is 79.3 Å². The molecule has 0 spiro atoms. The van der Waals surface area contributed by atoms with Crippen LogP contribution >= 0.6 is 24.2 Å². The van der Waals surface area contributed by atoms with Gasteiger partial charge >= 0.3 is 5.97 Å². The highest BCUT2D eigenvalue weighted by Gasteiger charge is 2.20. The van der Waals surface area contributed by atoms with E-state index in [2.05, 4.69) is 29.9 Å². The summed E-state index contributed by atoms with van der Waals surface area (Å²) in [4.78, 5) is 29.3. The van der Waals surface area contributed by atoms with E-state index in [0.717, 1.165) is 48.9 Å². The van der Waals surface area contributed by atoms with Crippen molar-refractivity contribution in [1.82, 2.24) is 4.98 Å². The lowest BCUT2D eigenvalue weighted by atomic mass is 9.97. The quantitative estimate of drug-likeness (QED) is 0.161. The zero-order valence-corrected chi connectivity index (χ0v) is 20.1. The summed E-state index contributed by atoms with van der Waals surface area (Å²) >= 11 is 10.3. The minimum Gasteiger partial charge on any atom is -0.478 e. The Morgan fingerprint density at radius 3 is 2.36 bits per heavy atom. The number of carbonyl (C=O) groups excluding carboxylic acids is 1. The summed E-state index contributed by atoms with van der Waals surface area (Å²) in [7, 11) is 0. The number of carboxylic acid groups (broad SMARTS) is 1. The minimum absolute atomic E-state index is 0.0379. The zero-order chi connectivity index (χ0) is 23.8. The number of thiol groups is 1. The monoisotopic (exact) mass is 482 g/mol. The second kappa shape index (κ2) is 11.9. The first-order valence-electron chi connectivity index (χ1n) is 11.0. The number of nitrogens with one attached hydrogen (secondary N) is 1. The summed E-state index contributed by atoms with van der Waals surface area (Å²) in [6.07, 6.45) is 6.57. The van der Waals surface area contributed by atoms with Crippen molar-refractivity contribution in [1.29, 1.82) is 0 Å². The molecule has 33 heavy (non-hydrogen) atoms. The Kier molecular flexibility index (Phi) is 8.92. The fraction of sp³-hybridized carbons (Fsp3) is 0.269. The molecule has 0 aliphatic rings. The van der Waals surface area contributed by atoms with Crippen LogP contribution in [0.25, 0.3) is 0 Å². The molecule has 2 N–H and O–H groups in total. The van der Waals surface area contributed by atoms with Crippen LogP contribution < -0.4 is 5.32 Å². The van der Waals surface area contributed by atoms with Gasteiger partial charge in [0.15, 0.2) is 0 Å². The van der Waals surface area contributed by atoms with E-state index in [0.29, 0.717) is 11.6 Å². The molecule has 0 aliphatic heterocycles. The molecule has 1 aromatic heterocycles. The van der Waals surface area contributed by atoms with Crippen molar-refractivity contribution in [3.63, 3.8) is 0 Å². The molecule has 0 fully saturated rings. The van der Waals surface area contributed by atoms with Gasteiger partial charge in [-0.3, -0.25) is 9.78 Å². The molecule has 0 unspecified atom stereocenters. The largest absolute Gasteiger partial charge is 0.478 e. The summed E-state index contributed by atoms with van der Waals surface area (Å²) in [5, 5.41) is 13.5. The molecule has 0 bridgehead atoms. The number of pyridine rings is 1. The predicted molar refractivity (Wildman–Crippen MR) is 135 cm³/mol. The van der Waals surface area contributed by atoms with Crippen molar-refractivity contribution >= 4 is 41.7 Å². The third kappa shape index (κ3) is 6.83. The number of aromatic nitrogens is 1. The first-order valence-corrected chi connectivity index (χ1v) is 11.8. The zero-order valence-electron chi connectivity index (χ0n) is 18.5. The molecule has 7 heteroatoms. The van der Waals surface area contributed by atoms with Crippen molar-refractivity contribution in [2.75, 3.05) is 5.32 Å². The number of carboxylic acids is 1. The molecule has 172 valence electrons. The number of hydrogen-bond acceptors (Lipinski definition) is 5. The molecule has 5 nitrogen and oxygen atoms in total. The Morgan fingerprint density at radius 2 is 1.73 bits per heavy atom. The maximum Gasteiger partial charge on any atom is 0.336 e. The van der Waals surface area contributed by atoms with E-state index < -0.39 is 5.97 Å². The summed E-state index contributed by atoms with van der Waals surface area (Å²) in [6, 6.07) is 14.3. The van der Waals surface area contributed by atoms with Crippen LogP contribution in [0.15, 0.2) is 59.6 Å². The Hall–Kier alpha value is -2.83. The predicted octanol–water partition coefficient (Wildman–Crippen LogP) is 6.69. The van der Waals surface area contributed by atoms with Gasteiger partial charge in [-0.2, -0.15) is 0 Å². The highest BCUT2D eigenvalue weighted by atomic mass is 35.5. The van der Waals surface area contributed by atoms with Crippen molar-refractivity contribution < 1.29 is 14.7 Å². The van der Waals surface area contributed by atoms with E-state index in [4.69, 9.17) is 11.6 Å². The highest BCUT2D eigenvalue weighted by Crippen LogP contribution is 2.26. The van der Waals surface area contributed by atoms with Crippen molar-refractivity contribution in [3.8, 4) is 0 Å². The molecule has 0 radical (unpaired) electrons. The van der Waals surface area contributed by atoms with Crippen molar-refractivity contribution in [2.45, 2.75) is 50.5 Å². The number of benzene rings is 2. The van der Waals surface area contributed by atoms with Crippen LogP contribution in [0, 0.1) is 0 Å². The Bertz CT molecular complexity index is 1120. The Balaban J connectivity index is 1.76. The summed E-state index contributed by atoms with van der Waals surface area (Å²) < 4.78 is 0. The SMILES string of the molecule is CCCCCCc1cc(C(=O)O)c(S)c(C(=O)c2ccc(NCc3ccc(Cl)cc3)cn2)c1. The smallest absolute Gasteiger partial charge is 0.336 e. The van der Waals surface area contributed by atoms with Crippen LogP contribution in [-0.4, -0.2) is 21.8 Å². The number of halogens is 1. The molecule has 0 aliphatic carbocycles. The molecule has 0 saturated heterocycles. The third-order valence-electron chi connectivity index (χ3n) is 5.37. The Morgan fingerprint density at radius 1 is 1.00 bits per heavy atom. The average molecular weight is 483 g/mol. The van der Waals surface area contributed by atoms with Crippen molar-refractivity contribution in [2.24, 2.45) is 0 Å². The fourth-order valence-corrected chi connectivity index (χ4v) is 3.96. The number of nitrogens with zero attached hydrogens (tertiary/aromatic N) is 1. The first kappa shape index (κ1) is 24.8. The summed E-state index contributed by atoms with van der Waals surface area (Å²) in [6.45, 7) is 2.73. The van der Waals surface area contributed by atoms with Gasteiger partial charge in [0.1, 0.15) is 5.69 Å². The molecular formula is C26H27ClN2O3S. The molecule has 2 aromatic carbocycles. The van der Waals surface area contributed by atoms with Gasteiger partial charge in [0.05, 0.1) is 17.4 Å². The third-order valence-corrected chi connectivity index (χ3v) is 6.10. The van der Waals surface area contributed by atoms with Crippen LogP contribution in [0.5, 0.6) is 0 Å². The van der Waals surface area contributed by atoms with Crippen LogP contribution in [0.2, 0.25) is 5.02 Å². The lowest BCUT2D eigenvalue weighted by Crippen LogP contribution is -2.10. The number of unbranched alkanes of at least 4 members (excludes halogenated alkanes) is 3. The van der Waals surface area contributed by atoms with Gasteiger partial charge < -0.3 is 10.4 Å². The number of ketones is 1. The van der Waals surface area contributed by atoms with E-state index in [-0.39, 0.29) is 27.5 Å². The van der Waals surface area contributed by atoms with E-state index >= 15 is 0 Å². The standard InChI is InChI=1S/C26H27ClN2O3S/c1-2-3-4-5-6-18-13-21(25(33)22(14-18)26(31)32)24(30)23-12-11-20(16-29-23)28-15-17-7-9-19(27)10-8-17/h7-14,16,28,33H,2-6,15H2,1H3,(H,31,32). The summed E-state index contributed by atoms with van der Waals surface area (Å²) in [5.41, 5.74) is 3.20. The van der Waals surface area contributed by atoms with Crippen LogP contribution in [0.3, 0.4) is 0 Å². The maximum absolute atomic E-state index is 13.2. The van der Waals surface area contributed by atoms with Gasteiger partial charge in [-0.15, -0.1) is 12.6 Å². The number of aryl methyl sites for hydroxylation is 1. The highest BCUT2D eigenvalue weighted by molar-refractivity contribution is 7.80. The summed E-state index contributed by atoms with van der Waals surface area (Å²) in [5.74, 6) is -1.44. The number of hydrogen-bond donors (Lipinski definition) is 3. The van der Waals surface area contributed by atoms with Crippen LogP contribution in [0.4, 0.5) is 5.69 Å². The van der Waals surface area contributed by atoms with Gasteiger partial charge in [0, 0.05) is 22.0 Å². The van der Waals surface area contributed by atoms with E-state index in [9.17, 15) is 14.7 Å². The first-order chi connectivity index (χ1) is 15.9. The lowest BCUT2D eigenvalue weighted by molar-refractivity contribution is 0.0693. The number of rotatable bonds is 11. The van der Waals surface area contributed by atoms with E-state index in [1.165, 1.54) is 0 Å². The molecule has 0 atom stereocenters. The maximum atomic E-state index is 13.2. The van der Waals surface area contributed by atoms with Gasteiger partial charge in [0.2, 0.25) is 5.78 Å². The normalized spacial score (nSPS) is 10.8. The molecule has 3 rings (SSSR count). The lowest BCUT2D eigenvalue weighted by Gasteiger charge is -2.12. The second-order valence-corrected chi connectivity index (χ2v) is 8.78. The molecule has 0 amide bonds. The number of anilines is 1. The Labute approximate surface area is 204 Å². The fourth-order valence-electron chi connectivity index (χ4n) is 3.51.